The Hall–Kier alpha value is 0.583. The van der Waals surface area contributed by atoms with Crippen LogP contribution in [0.5, 0.6) is 0 Å². The maximum Gasteiger partial charge on any atom is 4.00 e. The standard InChI is InChI=1S/2C5H12NO2.8C5H10O2.2H2O.4Tb/c2*1-6(2-4-7)3-5-8;8*1-5(2,3)4(6)7;;;;;;/h2*7H,2-5H2,1H3;8*1-3H3,(H,6,7);2*1H2;;;;/q2*-1;;;;;;;;;;;2*+3;2*+4/p-10. The second kappa shape index (κ2) is 60.7. The van der Waals surface area contributed by atoms with Crippen molar-refractivity contribution in [3.05, 3.63) is 0 Å². The molecule has 24 nitrogen and oxygen atoms in total. The number of carbonyl (C=O) groups excluding carboxylic acids is 8. The molecule has 0 aromatic carbocycles. The zero-order chi connectivity index (χ0) is 61.4. The predicted molar refractivity (Wildman–Crippen MR) is 258 cm³/mol. The van der Waals surface area contributed by atoms with Crippen LogP contribution in [0.25, 0.3) is 0 Å². The maximum atomic E-state index is 9.91. The van der Waals surface area contributed by atoms with Crippen molar-refractivity contribution in [1.82, 2.24) is 9.80 Å². The summed E-state index contributed by atoms with van der Waals surface area (Å²) in [7, 11) is 3.63. The van der Waals surface area contributed by atoms with E-state index in [1.165, 1.54) is 0 Å². The summed E-state index contributed by atoms with van der Waals surface area (Å²) in [4.78, 5) is 82.9. The SMILES string of the molecule is CC(C)(C)C(=O)[O-].CC(C)(C)C(=O)[O-].CC(C)(C)C(=O)[O-].CC(C)(C)C(=O)[O-].CC(C)(C)C(=O)[O-].CC(C)(C)C(=O)[O-].CC(C)(C)C(=O)[O-].CC(C)(C)C(=O)[O-].CN(CC[O-])CCO.CN(CC[O-])CCO.[OH-].[OH-].[Tb+3].[Tb+3].[Tb+4].[Tb+4]. The molecule has 0 amide bonds. The molecule has 0 aliphatic carbocycles. The van der Waals surface area contributed by atoms with Crippen molar-refractivity contribution in [2.75, 3.05) is 66.7 Å². The van der Waals surface area contributed by atoms with Crippen LogP contribution in [0.1, 0.15) is 166 Å². The molecule has 0 rings (SSSR count). The molecule has 0 aliphatic rings. The number of carboxylic acids is 8. The Bertz CT molecular complexity index is 1170. The Morgan fingerprint density at radius 2 is 0.372 bits per heavy atom. The average Bonchev–Trinajstić information content (AvgIpc) is 3.11. The number of carboxylic acid groups (broad SMARTS) is 8. The second-order valence-corrected chi connectivity index (χ2v) is 23.8. The van der Waals surface area contributed by atoms with Gasteiger partial charge in [0.25, 0.3) is 0 Å². The molecule has 474 valence electrons. The van der Waals surface area contributed by atoms with E-state index in [4.69, 9.17) is 10.2 Å². The Kier molecular flexibility index (Phi) is 94.0. The van der Waals surface area contributed by atoms with E-state index < -0.39 is 91.1 Å². The molecule has 0 saturated heterocycles. The van der Waals surface area contributed by atoms with Crippen molar-refractivity contribution in [3.8, 4) is 0 Å². The molecular weight excluding hydrogens is 1620 g/mol. The van der Waals surface area contributed by atoms with Gasteiger partial charge in [-0.25, -0.2) is 0 Å². The van der Waals surface area contributed by atoms with Gasteiger partial charge in [0, 0.05) is 104 Å². The molecular formula is C50H98N2O22Tb4+2. The third-order valence-corrected chi connectivity index (χ3v) is 6.81. The molecule has 28 heteroatoms. The van der Waals surface area contributed by atoms with Crippen molar-refractivity contribution in [3.63, 3.8) is 0 Å². The van der Waals surface area contributed by atoms with Gasteiger partial charge in [-0.15, -0.1) is 13.2 Å². The molecule has 2 radical (unpaired) electrons. The van der Waals surface area contributed by atoms with Crippen LogP contribution in [0.2, 0.25) is 0 Å². The van der Waals surface area contributed by atoms with Crippen LogP contribution in [-0.4, -0.2) is 145 Å². The molecule has 0 spiro atoms. The van der Waals surface area contributed by atoms with E-state index in [0.29, 0.717) is 26.2 Å². The number of aliphatic hydroxyl groups is 2. The van der Waals surface area contributed by atoms with E-state index in [-0.39, 0.29) is 192 Å². The fraction of sp³-hybridized carbons (Fsp3) is 0.840. The molecule has 0 unspecified atom stereocenters. The molecule has 78 heavy (non-hydrogen) atoms. The summed E-state index contributed by atoms with van der Waals surface area (Å²) in [5, 5.41) is 116. The number of aliphatic carboxylic acids is 8. The Labute approximate surface area is 591 Å². The Morgan fingerprint density at radius 3 is 0.410 bits per heavy atom. The molecule has 4 N–H and O–H groups in total. The van der Waals surface area contributed by atoms with Crippen molar-refractivity contribution >= 4 is 47.8 Å². The van der Waals surface area contributed by atoms with Gasteiger partial charge in [0.05, 0.1) is 13.2 Å². The van der Waals surface area contributed by atoms with Crippen molar-refractivity contribution < 1.29 is 265 Å². The summed E-state index contributed by atoms with van der Waals surface area (Å²) in [6, 6.07) is 0. The van der Waals surface area contributed by atoms with Gasteiger partial charge in [-0.3, -0.25) is 0 Å². The van der Waals surface area contributed by atoms with Gasteiger partial charge >= 0.3 is 154 Å². The van der Waals surface area contributed by atoms with Crippen molar-refractivity contribution in [2.24, 2.45) is 43.3 Å². The van der Waals surface area contributed by atoms with Crippen LogP contribution in [0.3, 0.4) is 0 Å². The van der Waals surface area contributed by atoms with Crippen LogP contribution >= 0.6 is 0 Å². The molecule has 0 aromatic heterocycles. The van der Waals surface area contributed by atoms with Crippen LogP contribution < -0.4 is 51.1 Å². The zero-order valence-corrected chi connectivity index (χ0v) is 59.6. The second-order valence-electron chi connectivity index (χ2n) is 23.8. The topological polar surface area (TPSA) is 474 Å². The largest absolute Gasteiger partial charge is 4.00 e. The first-order valence-electron chi connectivity index (χ1n) is 22.6. The van der Waals surface area contributed by atoms with Crippen LogP contribution in [0, 0.1) is 198 Å². The molecule has 0 aromatic rings. The Morgan fingerprint density at radius 1 is 0.295 bits per heavy atom. The van der Waals surface area contributed by atoms with Crippen LogP contribution in [0.4, 0.5) is 0 Å². The summed E-state index contributed by atoms with van der Waals surface area (Å²) in [5.74, 6) is -8.06. The van der Waals surface area contributed by atoms with E-state index in [1.54, 1.807) is 176 Å². The van der Waals surface area contributed by atoms with Crippen LogP contribution in [-0.2, 0) is 38.4 Å². The van der Waals surface area contributed by atoms with Gasteiger partial charge in [0.2, 0.25) is 0 Å². The number of rotatable bonds is 8. The van der Waals surface area contributed by atoms with Crippen molar-refractivity contribution in [1.29, 1.82) is 0 Å². The number of hydrogen-bond acceptors (Lipinski definition) is 24. The zero-order valence-electron chi connectivity index (χ0n) is 51.0. The summed E-state index contributed by atoms with van der Waals surface area (Å²) < 4.78 is 0. The first-order chi connectivity index (χ1) is 31.2. The summed E-state index contributed by atoms with van der Waals surface area (Å²) >= 11 is 0. The number of aliphatic hydroxyl groups excluding tert-OH is 2. The number of likely N-dealkylation sites (N-methyl/N-ethyl adjacent to an activating group) is 2. The van der Waals surface area contributed by atoms with Gasteiger partial charge in [0.15, 0.2) is 0 Å². The number of nitrogens with zero attached hydrogens (tertiary/aromatic N) is 2. The van der Waals surface area contributed by atoms with E-state index in [0.717, 1.165) is 0 Å². The summed E-state index contributed by atoms with van der Waals surface area (Å²) in [6.45, 7) is 40.7. The van der Waals surface area contributed by atoms with Gasteiger partial charge < -0.3 is 120 Å². The average molecular weight is 1720 g/mol. The van der Waals surface area contributed by atoms with Crippen molar-refractivity contribution in [2.45, 2.75) is 166 Å². The molecule has 0 bridgehead atoms. The smallest absolute Gasteiger partial charge is 0.870 e. The first kappa shape index (κ1) is 121. The fourth-order valence-corrected chi connectivity index (χ4v) is 0.877. The van der Waals surface area contributed by atoms with Gasteiger partial charge in [-0.05, 0) is 27.2 Å². The van der Waals surface area contributed by atoms with E-state index in [9.17, 15) is 89.4 Å². The van der Waals surface area contributed by atoms with Crippen LogP contribution in [0.15, 0.2) is 0 Å². The minimum absolute atomic E-state index is 0. The third kappa shape index (κ3) is 119. The van der Waals surface area contributed by atoms with Gasteiger partial charge in [-0.2, -0.15) is 0 Å². The first-order valence-corrected chi connectivity index (χ1v) is 22.6. The number of hydrogen-bond donors (Lipinski definition) is 2. The minimum Gasteiger partial charge on any atom is -0.870 e. The number of carbonyl (C=O) groups is 8. The molecule has 0 fully saturated rings. The molecule has 0 aliphatic heterocycles. The summed E-state index contributed by atoms with van der Waals surface area (Å²) in [6.07, 6.45) is 0. The van der Waals surface area contributed by atoms with E-state index in [2.05, 4.69) is 0 Å². The van der Waals surface area contributed by atoms with Gasteiger partial charge in [-0.1, -0.05) is 166 Å². The minimum atomic E-state index is -1.01. The van der Waals surface area contributed by atoms with Gasteiger partial charge in [0.1, 0.15) is 0 Å². The molecule has 0 atom stereocenters. The third-order valence-electron chi connectivity index (χ3n) is 6.81. The maximum absolute atomic E-state index is 9.91. The Balaban J connectivity index is -0.0000000388. The predicted octanol–water partition coefficient (Wildman–Crippen LogP) is -5.55. The monoisotopic (exact) mass is 1710 g/mol. The summed E-state index contributed by atoms with van der Waals surface area (Å²) in [5.41, 5.74) is -5.56. The molecule has 0 saturated carbocycles. The van der Waals surface area contributed by atoms with E-state index in [1.807, 2.05) is 14.1 Å². The van der Waals surface area contributed by atoms with E-state index >= 15 is 0 Å². The fourth-order valence-electron chi connectivity index (χ4n) is 0.877. The normalized spacial score (nSPS) is 10.3. The quantitative estimate of drug-likeness (QED) is 0.229. The molecule has 0 heterocycles.